The van der Waals surface area contributed by atoms with Gasteiger partial charge in [0.2, 0.25) is 0 Å². The molecule has 2 aromatic rings. The number of carboxylic acid groups (broad SMARTS) is 1. The highest BCUT2D eigenvalue weighted by atomic mass is 32.1. The van der Waals surface area contributed by atoms with Crippen LogP contribution in [0.15, 0.2) is 23.7 Å². The molecule has 22 heavy (non-hydrogen) atoms. The van der Waals surface area contributed by atoms with E-state index in [0.29, 0.717) is 24.4 Å². The first-order valence-corrected chi connectivity index (χ1v) is 8.36. The molecule has 0 bridgehead atoms. The summed E-state index contributed by atoms with van der Waals surface area (Å²) in [7, 11) is 0. The van der Waals surface area contributed by atoms with Gasteiger partial charge >= 0.3 is 5.97 Å². The van der Waals surface area contributed by atoms with E-state index in [2.05, 4.69) is 4.98 Å². The number of aromatic nitrogens is 1. The van der Waals surface area contributed by atoms with Gasteiger partial charge in [-0.25, -0.2) is 4.98 Å². The van der Waals surface area contributed by atoms with Crippen LogP contribution < -0.4 is 0 Å². The number of carboxylic acids is 1. The third-order valence-corrected chi connectivity index (χ3v) is 4.94. The Hall–Kier alpha value is -1.95. The van der Waals surface area contributed by atoms with Crippen molar-refractivity contribution in [2.75, 3.05) is 13.1 Å². The second-order valence-electron chi connectivity index (χ2n) is 5.73. The largest absolute Gasteiger partial charge is 0.481 e. The number of carbonyl (C=O) groups is 2. The minimum Gasteiger partial charge on any atom is -0.481 e. The molecule has 0 aliphatic carbocycles. The number of piperidine rings is 1. The molecule has 1 unspecified atom stereocenters. The third-order valence-electron chi connectivity index (χ3n) is 4.15. The van der Waals surface area contributed by atoms with E-state index in [1.807, 2.05) is 23.1 Å². The quantitative estimate of drug-likeness (QED) is 0.940. The Kier molecular flexibility index (Phi) is 4.38. The van der Waals surface area contributed by atoms with Crippen molar-refractivity contribution >= 4 is 33.4 Å². The van der Waals surface area contributed by atoms with E-state index in [1.165, 1.54) is 11.3 Å². The monoisotopic (exact) mass is 318 g/mol. The summed E-state index contributed by atoms with van der Waals surface area (Å²) in [5, 5.41) is 8.79. The molecule has 1 aromatic carbocycles. The predicted octanol–water partition coefficient (Wildman–Crippen LogP) is 3.01. The summed E-state index contributed by atoms with van der Waals surface area (Å²) in [6.07, 6.45) is 2.77. The van der Waals surface area contributed by atoms with Crippen LogP contribution in [0.1, 0.15) is 36.0 Å². The Balaban J connectivity index is 1.69. The lowest BCUT2D eigenvalue weighted by Crippen LogP contribution is -2.40. The number of nitrogens with zero attached hydrogens (tertiary/aromatic N) is 2. The van der Waals surface area contributed by atoms with Gasteiger partial charge in [0, 0.05) is 25.1 Å². The number of hydrogen-bond acceptors (Lipinski definition) is 4. The number of amides is 1. The third kappa shape index (κ3) is 3.27. The van der Waals surface area contributed by atoms with E-state index in [1.54, 1.807) is 5.51 Å². The Morgan fingerprint density at radius 1 is 1.41 bits per heavy atom. The highest BCUT2D eigenvalue weighted by Crippen LogP contribution is 2.24. The first-order chi connectivity index (χ1) is 10.6. The maximum Gasteiger partial charge on any atom is 0.303 e. The summed E-state index contributed by atoms with van der Waals surface area (Å²) < 4.78 is 1.02. The Morgan fingerprint density at radius 2 is 2.27 bits per heavy atom. The van der Waals surface area contributed by atoms with Crippen LogP contribution in [0.2, 0.25) is 0 Å². The topological polar surface area (TPSA) is 70.5 Å². The van der Waals surface area contributed by atoms with E-state index in [-0.39, 0.29) is 12.3 Å². The molecule has 0 saturated carbocycles. The molecule has 6 heteroatoms. The van der Waals surface area contributed by atoms with Crippen molar-refractivity contribution in [3.63, 3.8) is 0 Å². The number of rotatable bonds is 4. The Bertz CT molecular complexity index is 698. The molecule has 3 rings (SSSR count). The summed E-state index contributed by atoms with van der Waals surface area (Å²) in [6.45, 7) is 1.41. The highest BCUT2D eigenvalue weighted by Gasteiger charge is 2.25. The van der Waals surface area contributed by atoms with Gasteiger partial charge < -0.3 is 10.0 Å². The van der Waals surface area contributed by atoms with E-state index in [9.17, 15) is 9.59 Å². The van der Waals surface area contributed by atoms with Crippen molar-refractivity contribution in [3.05, 3.63) is 29.3 Å². The van der Waals surface area contributed by atoms with Gasteiger partial charge in [0.05, 0.1) is 15.7 Å². The number of likely N-dealkylation sites (tertiary alicyclic amines) is 1. The Morgan fingerprint density at radius 3 is 3.09 bits per heavy atom. The average Bonchev–Trinajstić information content (AvgIpc) is 3.00. The van der Waals surface area contributed by atoms with Gasteiger partial charge in [0.1, 0.15) is 0 Å². The van der Waals surface area contributed by atoms with Crippen LogP contribution in [0.25, 0.3) is 10.2 Å². The summed E-state index contributed by atoms with van der Waals surface area (Å²) in [4.78, 5) is 29.4. The summed E-state index contributed by atoms with van der Waals surface area (Å²) >= 11 is 1.53. The molecule has 1 aromatic heterocycles. The van der Waals surface area contributed by atoms with Crippen molar-refractivity contribution in [1.82, 2.24) is 9.88 Å². The normalized spacial score (nSPS) is 18.5. The predicted molar refractivity (Wildman–Crippen MR) is 85.1 cm³/mol. The van der Waals surface area contributed by atoms with Crippen LogP contribution in [0, 0.1) is 5.92 Å². The lowest BCUT2D eigenvalue weighted by molar-refractivity contribution is -0.137. The summed E-state index contributed by atoms with van der Waals surface area (Å²) in [5.41, 5.74) is 3.39. The molecule has 1 amide bonds. The molecule has 5 nitrogen and oxygen atoms in total. The molecule has 1 aliphatic rings. The van der Waals surface area contributed by atoms with Crippen LogP contribution in [0.4, 0.5) is 0 Å². The number of aliphatic carboxylic acids is 1. The van der Waals surface area contributed by atoms with E-state index >= 15 is 0 Å². The molecular formula is C16H18N2O3S. The number of thiazole rings is 1. The van der Waals surface area contributed by atoms with Gasteiger partial charge in [0.15, 0.2) is 0 Å². The van der Waals surface area contributed by atoms with Crippen molar-refractivity contribution in [2.45, 2.75) is 25.7 Å². The Labute approximate surface area is 132 Å². The molecule has 1 atom stereocenters. The molecule has 0 radical (unpaired) electrons. The zero-order valence-corrected chi connectivity index (χ0v) is 13.0. The van der Waals surface area contributed by atoms with Gasteiger partial charge in [-0.15, -0.1) is 11.3 Å². The summed E-state index contributed by atoms with van der Waals surface area (Å²) in [5.74, 6) is -0.435. The van der Waals surface area contributed by atoms with E-state index in [4.69, 9.17) is 5.11 Å². The smallest absolute Gasteiger partial charge is 0.303 e. The maximum absolute atomic E-state index is 12.6. The van der Waals surface area contributed by atoms with Crippen molar-refractivity contribution in [3.8, 4) is 0 Å². The van der Waals surface area contributed by atoms with Crippen molar-refractivity contribution < 1.29 is 14.7 Å². The number of benzene rings is 1. The number of carbonyl (C=O) groups excluding carboxylic acids is 1. The van der Waals surface area contributed by atoms with Gasteiger partial charge in [-0.05, 0) is 43.4 Å². The van der Waals surface area contributed by atoms with E-state index < -0.39 is 5.97 Å². The first kappa shape index (κ1) is 15.0. The van der Waals surface area contributed by atoms with Crippen LogP contribution in [-0.4, -0.2) is 40.0 Å². The summed E-state index contributed by atoms with van der Waals surface area (Å²) in [6, 6.07) is 5.60. The molecule has 1 aliphatic heterocycles. The fourth-order valence-corrected chi connectivity index (χ4v) is 3.70. The minimum absolute atomic E-state index is 0.0373. The fraction of sp³-hybridized carbons (Fsp3) is 0.438. The fourth-order valence-electron chi connectivity index (χ4n) is 2.98. The van der Waals surface area contributed by atoms with Crippen molar-refractivity contribution in [1.29, 1.82) is 0 Å². The molecule has 1 N–H and O–H groups in total. The van der Waals surface area contributed by atoms with Gasteiger partial charge in [-0.2, -0.15) is 0 Å². The maximum atomic E-state index is 12.6. The molecule has 116 valence electrons. The van der Waals surface area contributed by atoms with Crippen molar-refractivity contribution in [2.24, 2.45) is 5.92 Å². The molecule has 2 heterocycles. The van der Waals surface area contributed by atoms with Gasteiger partial charge in [0.25, 0.3) is 5.91 Å². The SMILES string of the molecule is O=C(O)CCC1CCCN(C(=O)c2ccc3ncsc3c2)C1. The van der Waals surface area contributed by atoms with Gasteiger partial charge in [-0.1, -0.05) is 0 Å². The molecular weight excluding hydrogens is 300 g/mol. The van der Waals surface area contributed by atoms with Crippen LogP contribution in [-0.2, 0) is 4.79 Å². The lowest BCUT2D eigenvalue weighted by Gasteiger charge is -2.32. The minimum atomic E-state index is -0.765. The zero-order chi connectivity index (χ0) is 15.5. The lowest BCUT2D eigenvalue weighted by atomic mass is 9.93. The van der Waals surface area contributed by atoms with Gasteiger partial charge in [-0.3, -0.25) is 9.59 Å². The molecule has 0 spiro atoms. The second kappa shape index (κ2) is 6.44. The zero-order valence-electron chi connectivity index (χ0n) is 12.2. The van der Waals surface area contributed by atoms with Crippen LogP contribution >= 0.6 is 11.3 Å². The van der Waals surface area contributed by atoms with Crippen LogP contribution in [0.3, 0.4) is 0 Å². The molecule has 1 saturated heterocycles. The average molecular weight is 318 g/mol. The van der Waals surface area contributed by atoms with Crippen LogP contribution in [0.5, 0.6) is 0 Å². The molecule has 1 fully saturated rings. The van der Waals surface area contributed by atoms with E-state index in [0.717, 1.165) is 29.6 Å². The first-order valence-electron chi connectivity index (χ1n) is 7.48. The number of fused-ring (bicyclic) bond motifs is 1. The standard InChI is InChI=1S/C16H18N2O3S/c19-15(20)6-3-11-2-1-7-18(9-11)16(21)12-4-5-13-14(8-12)22-10-17-13/h4-5,8,10-11H,1-3,6-7,9H2,(H,19,20). The second-order valence-corrected chi connectivity index (χ2v) is 6.61. The number of hydrogen-bond donors (Lipinski definition) is 1. The highest BCUT2D eigenvalue weighted by molar-refractivity contribution is 7.16.